The van der Waals surface area contributed by atoms with Crippen LogP contribution in [0.25, 0.3) is 0 Å². The summed E-state index contributed by atoms with van der Waals surface area (Å²) in [4.78, 5) is 36.3. The maximum Gasteiger partial charge on any atom is 0.326 e. The summed E-state index contributed by atoms with van der Waals surface area (Å²) in [5.41, 5.74) is 0. The smallest absolute Gasteiger partial charge is 0.326 e. The summed E-state index contributed by atoms with van der Waals surface area (Å²) in [5, 5.41) is 11.6. The lowest BCUT2D eigenvalue weighted by molar-refractivity contribution is -0.149. The Morgan fingerprint density at radius 3 is 2.29 bits per heavy atom. The van der Waals surface area contributed by atoms with Gasteiger partial charge in [0.05, 0.1) is 12.5 Å². The molecule has 1 fully saturated rings. The maximum atomic E-state index is 12.1. The Hall–Kier alpha value is -1.79. The third-order valence-electron chi connectivity index (χ3n) is 3.61. The molecule has 2 amide bonds. The van der Waals surface area contributed by atoms with Gasteiger partial charge in [0.25, 0.3) is 0 Å². The average Bonchev–Trinajstić information content (AvgIpc) is 2.44. The Labute approximate surface area is 124 Å². The first-order valence-corrected chi connectivity index (χ1v) is 7.31. The molecule has 0 bridgehead atoms. The van der Waals surface area contributed by atoms with Crippen LogP contribution >= 0.6 is 0 Å². The fourth-order valence-electron chi connectivity index (χ4n) is 2.32. The number of nitrogens with one attached hydrogen (secondary N) is 1. The van der Waals surface area contributed by atoms with Crippen LogP contribution in [0.15, 0.2) is 0 Å². The first-order chi connectivity index (χ1) is 9.86. The van der Waals surface area contributed by atoms with E-state index in [1.165, 1.54) is 0 Å². The molecule has 2 N–H and O–H groups in total. The lowest BCUT2D eigenvalue weighted by atomic mass is 9.97. The molecule has 1 aliphatic heterocycles. The summed E-state index contributed by atoms with van der Waals surface area (Å²) >= 11 is 0. The van der Waals surface area contributed by atoms with Crippen molar-refractivity contribution in [2.45, 2.75) is 39.7 Å². The van der Waals surface area contributed by atoms with Crippen molar-refractivity contribution in [1.29, 1.82) is 0 Å². The van der Waals surface area contributed by atoms with Gasteiger partial charge in [0.15, 0.2) is 0 Å². The molecular formula is C14H24N2O5. The van der Waals surface area contributed by atoms with E-state index in [1.807, 2.05) is 0 Å². The van der Waals surface area contributed by atoms with Crippen molar-refractivity contribution in [3.05, 3.63) is 0 Å². The third kappa shape index (κ3) is 4.91. The topological polar surface area (TPSA) is 95.9 Å². The molecule has 0 radical (unpaired) electrons. The van der Waals surface area contributed by atoms with Crippen molar-refractivity contribution in [3.63, 3.8) is 0 Å². The van der Waals surface area contributed by atoms with Crippen molar-refractivity contribution in [2.24, 2.45) is 11.8 Å². The number of carbonyl (C=O) groups is 3. The number of rotatable bonds is 5. The molecule has 0 spiro atoms. The van der Waals surface area contributed by atoms with E-state index in [-0.39, 0.29) is 17.8 Å². The van der Waals surface area contributed by atoms with Crippen molar-refractivity contribution in [1.82, 2.24) is 10.2 Å². The molecule has 0 aromatic carbocycles. The lowest BCUT2D eigenvalue weighted by Crippen LogP contribution is -2.52. The molecular weight excluding hydrogens is 276 g/mol. The maximum absolute atomic E-state index is 12.1. The number of amides is 2. The van der Waals surface area contributed by atoms with E-state index < -0.39 is 18.0 Å². The van der Waals surface area contributed by atoms with Crippen LogP contribution in [0.2, 0.25) is 0 Å². The molecule has 7 heteroatoms. The molecule has 1 rings (SSSR count). The van der Waals surface area contributed by atoms with E-state index in [9.17, 15) is 14.4 Å². The van der Waals surface area contributed by atoms with Gasteiger partial charge < -0.3 is 20.1 Å². The fraction of sp³-hybridized carbons (Fsp3) is 0.786. The Morgan fingerprint density at radius 2 is 1.86 bits per heavy atom. The highest BCUT2D eigenvalue weighted by Crippen LogP contribution is 2.19. The monoisotopic (exact) mass is 300 g/mol. The molecule has 1 heterocycles. The van der Waals surface area contributed by atoms with Gasteiger partial charge in [-0.25, -0.2) is 9.59 Å². The van der Waals surface area contributed by atoms with Crippen LogP contribution in [0.3, 0.4) is 0 Å². The van der Waals surface area contributed by atoms with E-state index in [0.717, 1.165) is 0 Å². The highest BCUT2D eigenvalue weighted by atomic mass is 16.5. The van der Waals surface area contributed by atoms with Gasteiger partial charge in [0.2, 0.25) is 0 Å². The molecule has 120 valence electrons. The molecule has 0 aromatic heterocycles. The zero-order valence-electron chi connectivity index (χ0n) is 12.8. The normalized spacial score (nSPS) is 17.4. The first-order valence-electron chi connectivity index (χ1n) is 7.31. The number of carboxylic acid groups (broad SMARTS) is 1. The molecule has 0 aliphatic carbocycles. The second kappa shape index (κ2) is 7.85. The van der Waals surface area contributed by atoms with Crippen molar-refractivity contribution >= 4 is 18.0 Å². The average molecular weight is 300 g/mol. The molecule has 1 saturated heterocycles. The zero-order chi connectivity index (χ0) is 16.0. The SMILES string of the molecule is CCOC(=O)C1CCN(C(=O)N[C@@H](C(=O)O)C(C)C)CC1. The van der Waals surface area contributed by atoms with Gasteiger partial charge in [-0.15, -0.1) is 0 Å². The number of urea groups is 1. The second-order valence-corrected chi connectivity index (χ2v) is 5.52. The number of nitrogens with zero attached hydrogens (tertiary/aromatic N) is 1. The largest absolute Gasteiger partial charge is 0.480 e. The number of aliphatic carboxylic acids is 1. The van der Waals surface area contributed by atoms with Crippen LogP contribution in [0, 0.1) is 11.8 Å². The number of carbonyl (C=O) groups excluding carboxylic acids is 2. The molecule has 7 nitrogen and oxygen atoms in total. The minimum absolute atomic E-state index is 0.172. The van der Waals surface area contributed by atoms with Crippen LogP contribution in [0.1, 0.15) is 33.6 Å². The predicted molar refractivity (Wildman–Crippen MR) is 75.7 cm³/mol. The van der Waals surface area contributed by atoms with E-state index in [1.54, 1.807) is 25.7 Å². The molecule has 1 atom stereocenters. The third-order valence-corrected chi connectivity index (χ3v) is 3.61. The van der Waals surface area contributed by atoms with Crippen molar-refractivity contribution in [3.8, 4) is 0 Å². The number of esters is 1. The Kier molecular flexibility index (Phi) is 6.45. The number of piperidine rings is 1. The Balaban J connectivity index is 2.48. The van der Waals surface area contributed by atoms with Crippen LogP contribution in [0.5, 0.6) is 0 Å². The summed E-state index contributed by atoms with van der Waals surface area (Å²) in [6, 6.07) is -1.29. The van der Waals surface area contributed by atoms with Gasteiger partial charge in [-0.1, -0.05) is 13.8 Å². The summed E-state index contributed by atoms with van der Waals surface area (Å²) in [5.74, 6) is -1.62. The number of hydrogen-bond donors (Lipinski definition) is 2. The van der Waals surface area contributed by atoms with E-state index in [2.05, 4.69) is 5.32 Å². The zero-order valence-corrected chi connectivity index (χ0v) is 12.8. The van der Waals surface area contributed by atoms with Gasteiger partial charge in [-0.3, -0.25) is 4.79 Å². The van der Waals surface area contributed by atoms with Gasteiger partial charge in [-0.2, -0.15) is 0 Å². The van der Waals surface area contributed by atoms with Crippen LogP contribution in [-0.2, 0) is 14.3 Å². The quantitative estimate of drug-likeness (QED) is 0.741. The summed E-state index contributed by atoms with van der Waals surface area (Å²) < 4.78 is 4.97. The van der Waals surface area contributed by atoms with Crippen LogP contribution in [-0.4, -0.2) is 53.7 Å². The van der Waals surface area contributed by atoms with Gasteiger partial charge in [0, 0.05) is 13.1 Å². The Morgan fingerprint density at radius 1 is 1.29 bits per heavy atom. The van der Waals surface area contributed by atoms with Gasteiger partial charge in [0.1, 0.15) is 6.04 Å². The molecule has 0 unspecified atom stereocenters. The van der Waals surface area contributed by atoms with E-state index in [4.69, 9.17) is 9.84 Å². The molecule has 0 aromatic rings. The minimum atomic E-state index is -1.04. The van der Waals surface area contributed by atoms with Gasteiger partial charge >= 0.3 is 18.0 Å². The van der Waals surface area contributed by atoms with E-state index >= 15 is 0 Å². The summed E-state index contributed by atoms with van der Waals surface area (Å²) in [6.07, 6.45) is 1.09. The van der Waals surface area contributed by atoms with Crippen LogP contribution < -0.4 is 5.32 Å². The Bertz CT molecular complexity index is 389. The van der Waals surface area contributed by atoms with E-state index in [0.29, 0.717) is 32.5 Å². The fourth-order valence-corrected chi connectivity index (χ4v) is 2.32. The number of carboxylic acids is 1. The minimum Gasteiger partial charge on any atom is -0.480 e. The molecule has 21 heavy (non-hydrogen) atoms. The van der Waals surface area contributed by atoms with Gasteiger partial charge in [-0.05, 0) is 25.7 Å². The molecule has 1 aliphatic rings. The second-order valence-electron chi connectivity index (χ2n) is 5.52. The number of likely N-dealkylation sites (tertiary alicyclic amines) is 1. The number of ether oxygens (including phenoxy) is 1. The standard InChI is InChI=1S/C14H24N2O5/c1-4-21-13(19)10-5-7-16(8-6-10)14(20)15-11(9(2)3)12(17)18/h9-11H,4-8H2,1-3H3,(H,15,20)(H,17,18)/t11-/m1/s1. The predicted octanol–water partition coefficient (Wildman–Crippen LogP) is 1.08. The number of hydrogen-bond acceptors (Lipinski definition) is 4. The highest BCUT2D eigenvalue weighted by Gasteiger charge is 2.30. The van der Waals surface area contributed by atoms with Crippen LogP contribution in [0.4, 0.5) is 4.79 Å². The summed E-state index contributed by atoms with van der Waals surface area (Å²) in [6.45, 7) is 6.46. The first kappa shape index (κ1) is 17.3. The summed E-state index contributed by atoms with van der Waals surface area (Å²) in [7, 11) is 0. The molecule has 0 saturated carbocycles. The highest BCUT2D eigenvalue weighted by molar-refractivity contribution is 5.83. The van der Waals surface area contributed by atoms with Crippen molar-refractivity contribution in [2.75, 3.05) is 19.7 Å². The lowest BCUT2D eigenvalue weighted by Gasteiger charge is -2.32. The van der Waals surface area contributed by atoms with Crippen molar-refractivity contribution < 1.29 is 24.2 Å².